The van der Waals surface area contributed by atoms with E-state index in [1.54, 1.807) is 6.20 Å². The van der Waals surface area contributed by atoms with Crippen LogP contribution >= 0.6 is 24.4 Å². The molecule has 2 aromatic rings. The van der Waals surface area contributed by atoms with Gasteiger partial charge in [0, 0.05) is 35.7 Å². The molecule has 38 heavy (non-hydrogen) atoms. The summed E-state index contributed by atoms with van der Waals surface area (Å²) in [5.74, 6) is -3.47. The van der Waals surface area contributed by atoms with E-state index in [1.165, 1.54) is 11.8 Å². The van der Waals surface area contributed by atoms with E-state index in [4.69, 9.17) is 11.5 Å². The molecular formula is C24H34N6O6S2. The molecule has 0 aliphatic rings. The molecule has 0 fully saturated rings. The maximum absolute atomic E-state index is 13.3. The average Bonchev–Trinajstić information content (AvgIpc) is 3.30. The Morgan fingerprint density at radius 1 is 1.00 bits per heavy atom. The lowest BCUT2D eigenvalue weighted by molar-refractivity contribution is -0.142. The van der Waals surface area contributed by atoms with Crippen LogP contribution in [0.2, 0.25) is 0 Å². The molecule has 0 bridgehead atoms. The number of para-hydroxylation sites is 1. The number of carboxylic acid groups (broad SMARTS) is 1. The summed E-state index contributed by atoms with van der Waals surface area (Å²) in [5, 5.41) is 18.0. The second-order valence-corrected chi connectivity index (χ2v) is 10.0. The molecular weight excluding hydrogens is 532 g/mol. The Morgan fingerprint density at radius 2 is 1.63 bits per heavy atom. The third-order valence-corrected chi connectivity index (χ3v) is 6.84. The van der Waals surface area contributed by atoms with Crippen LogP contribution in [0.15, 0.2) is 30.5 Å². The summed E-state index contributed by atoms with van der Waals surface area (Å²) in [6, 6.07) is 2.82. The van der Waals surface area contributed by atoms with Gasteiger partial charge in [-0.3, -0.25) is 19.2 Å². The first-order valence-corrected chi connectivity index (χ1v) is 13.9. The van der Waals surface area contributed by atoms with Gasteiger partial charge in [-0.25, -0.2) is 4.79 Å². The molecule has 208 valence electrons. The predicted molar refractivity (Wildman–Crippen MR) is 149 cm³/mol. The minimum Gasteiger partial charge on any atom is -0.480 e. The molecule has 0 aliphatic carbocycles. The van der Waals surface area contributed by atoms with E-state index in [0.29, 0.717) is 11.3 Å². The number of carboxylic acids is 1. The number of benzene rings is 1. The second kappa shape index (κ2) is 15.2. The van der Waals surface area contributed by atoms with Gasteiger partial charge in [-0.1, -0.05) is 18.2 Å². The van der Waals surface area contributed by atoms with E-state index >= 15 is 0 Å². The summed E-state index contributed by atoms with van der Waals surface area (Å²) in [6.07, 6.45) is 3.42. The molecule has 0 radical (unpaired) electrons. The first-order chi connectivity index (χ1) is 18.1. The zero-order chi connectivity index (χ0) is 28.2. The highest BCUT2D eigenvalue weighted by atomic mass is 32.2. The quantitative estimate of drug-likeness (QED) is 0.124. The van der Waals surface area contributed by atoms with Crippen molar-refractivity contribution in [2.75, 3.05) is 17.8 Å². The molecule has 4 amide bonds. The van der Waals surface area contributed by atoms with E-state index in [2.05, 4.69) is 33.6 Å². The molecule has 1 aromatic carbocycles. The number of primary amides is 1. The van der Waals surface area contributed by atoms with E-state index < -0.39 is 53.8 Å². The molecule has 4 atom stereocenters. The van der Waals surface area contributed by atoms with E-state index in [1.807, 2.05) is 30.5 Å². The maximum Gasteiger partial charge on any atom is 0.326 e. The number of hydrogen-bond acceptors (Lipinski definition) is 8. The summed E-state index contributed by atoms with van der Waals surface area (Å²) in [5.41, 5.74) is 12.5. The lowest BCUT2D eigenvalue weighted by Crippen LogP contribution is -2.58. The highest BCUT2D eigenvalue weighted by Gasteiger charge is 2.31. The molecule has 1 aromatic heterocycles. The first kappa shape index (κ1) is 31.0. The highest BCUT2D eigenvalue weighted by Crippen LogP contribution is 2.19. The lowest BCUT2D eigenvalue weighted by Gasteiger charge is -2.25. The van der Waals surface area contributed by atoms with Crippen molar-refractivity contribution >= 4 is 64.9 Å². The summed E-state index contributed by atoms with van der Waals surface area (Å²) in [6.45, 7) is 0. The van der Waals surface area contributed by atoms with Crippen molar-refractivity contribution in [3.05, 3.63) is 36.0 Å². The number of carbonyl (C=O) groups excluding carboxylic acids is 4. The number of rotatable bonds is 16. The lowest BCUT2D eigenvalue weighted by atomic mass is 10.0. The van der Waals surface area contributed by atoms with Crippen LogP contribution < -0.4 is 27.4 Å². The van der Waals surface area contributed by atoms with Crippen LogP contribution in [0.25, 0.3) is 10.9 Å². The monoisotopic (exact) mass is 566 g/mol. The molecule has 14 heteroatoms. The molecule has 12 nitrogen and oxygen atoms in total. The van der Waals surface area contributed by atoms with Crippen molar-refractivity contribution in [2.45, 2.75) is 49.9 Å². The molecule has 0 aliphatic heterocycles. The number of carbonyl (C=O) groups is 5. The van der Waals surface area contributed by atoms with Gasteiger partial charge in [-0.15, -0.1) is 0 Å². The Morgan fingerprint density at radius 3 is 2.26 bits per heavy atom. The van der Waals surface area contributed by atoms with Crippen LogP contribution in [0, 0.1) is 0 Å². The summed E-state index contributed by atoms with van der Waals surface area (Å²) >= 11 is 5.42. The van der Waals surface area contributed by atoms with E-state index in [9.17, 15) is 29.1 Å². The van der Waals surface area contributed by atoms with Crippen molar-refractivity contribution in [2.24, 2.45) is 11.5 Å². The Hall–Kier alpha value is -3.23. The third kappa shape index (κ3) is 9.26. The number of hydrogen-bond donors (Lipinski definition) is 8. The Balaban J connectivity index is 2.32. The van der Waals surface area contributed by atoms with Crippen LogP contribution in [0.4, 0.5) is 0 Å². The van der Waals surface area contributed by atoms with Crippen molar-refractivity contribution < 1.29 is 29.1 Å². The number of aromatic nitrogens is 1. The van der Waals surface area contributed by atoms with Gasteiger partial charge in [0.2, 0.25) is 23.6 Å². The smallest absolute Gasteiger partial charge is 0.326 e. The van der Waals surface area contributed by atoms with Crippen LogP contribution in [-0.4, -0.2) is 81.6 Å². The topological polar surface area (TPSA) is 210 Å². The molecule has 9 N–H and O–H groups in total. The number of thiol groups is 1. The highest BCUT2D eigenvalue weighted by molar-refractivity contribution is 7.98. The fourth-order valence-electron chi connectivity index (χ4n) is 3.68. The van der Waals surface area contributed by atoms with Crippen LogP contribution in [-0.2, 0) is 30.4 Å². The van der Waals surface area contributed by atoms with Crippen LogP contribution in [0.1, 0.15) is 24.8 Å². The van der Waals surface area contributed by atoms with Gasteiger partial charge in [-0.05, 0) is 36.5 Å². The van der Waals surface area contributed by atoms with Crippen molar-refractivity contribution in [1.82, 2.24) is 20.9 Å². The van der Waals surface area contributed by atoms with Gasteiger partial charge in [0.1, 0.15) is 18.1 Å². The minimum atomic E-state index is -1.22. The number of amides is 4. The van der Waals surface area contributed by atoms with Crippen LogP contribution in [0.3, 0.4) is 0 Å². The molecule has 2 rings (SSSR count). The standard InChI is InChI=1S/C24H34N6O6S2/c1-38-9-8-18(24(35)36)29-23(34)19(10-13-11-27-16-5-3-2-4-14(13)16)30-22(33)17(6-7-20(26)31)28-21(32)15(25)12-37/h2-5,11,15,17-19,27,37H,6-10,12,25H2,1H3,(H2,26,31)(H,28,32)(H,29,34)(H,30,33)(H,35,36). The number of fused-ring (bicyclic) bond motifs is 1. The molecule has 4 unspecified atom stereocenters. The normalized spacial score (nSPS) is 14.2. The third-order valence-electron chi connectivity index (χ3n) is 5.80. The SMILES string of the molecule is CSCCC(NC(=O)C(Cc1c[nH]c2ccccc12)NC(=O)C(CCC(N)=O)NC(=O)C(N)CS)C(=O)O. The van der Waals surface area contributed by atoms with Crippen molar-refractivity contribution in [3.8, 4) is 0 Å². The van der Waals surface area contributed by atoms with Gasteiger partial charge in [0.05, 0.1) is 6.04 Å². The fourth-order valence-corrected chi connectivity index (χ4v) is 4.32. The Kier molecular flexibility index (Phi) is 12.4. The number of H-pyrrole nitrogens is 1. The zero-order valence-electron chi connectivity index (χ0n) is 20.9. The second-order valence-electron chi connectivity index (χ2n) is 8.66. The average molecular weight is 567 g/mol. The van der Waals surface area contributed by atoms with E-state index in [-0.39, 0.29) is 31.4 Å². The zero-order valence-corrected chi connectivity index (χ0v) is 22.6. The van der Waals surface area contributed by atoms with Gasteiger partial charge in [-0.2, -0.15) is 24.4 Å². The van der Waals surface area contributed by atoms with Crippen molar-refractivity contribution in [3.63, 3.8) is 0 Å². The van der Waals surface area contributed by atoms with Crippen LogP contribution in [0.5, 0.6) is 0 Å². The van der Waals surface area contributed by atoms with Gasteiger partial charge in [0.15, 0.2) is 0 Å². The number of aromatic amines is 1. The Labute approximate surface area is 229 Å². The number of thioether (sulfide) groups is 1. The fraction of sp³-hybridized carbons (Fsp3) is 0.458. The van der Waals surface area contributed by atoms with Gasteiger partial charge in [0.25, 0.3) is 0 Å². The minimum absolute atomic E-state index is 0.0220. The molecule has 0 spiro atoms. The maximum atomic E-state index is 13.3. The number of nitrogens with two attached hydrogens (primary N) is 2. The van der Waals surface area contributed by atoms with Gasteiger partial charge < -0.3 is 37.5 Å². The Bertz CT molecular complexity index is 1140. The summed E-state index contributed by atoms with van der Waals surface area (Å²) in [7, 11) is 0. The number of aliphatic carboxylic acids is 1. The molecule has 0 saturated heterocycles. The van der Waals surface area contributed by atoms with Gasteiger partial charge >= 0.3 is 5.97 Å². The van der Waals surface area contributed by atoms with E-state index in [0.717, 1.165) is 10.9 Å². The predicted octanol–water partition coefficient (Wildman–Crippen LogP) is -0.475. The largest absolute Gasteiger partial charge is 0.480 e. The number of nitrogens with one attached hydrogen (secondary N) is 4. The molecule has 1 heterocycles. The first-order valence-electron chi connectivity index (χ1n) is 11.9. The van der Waals surface area contributed by atoms with Crippen molar-refractivity contribution in [1.29, 1.82) is 0 Å². The molecule has 0 saturated carbocycles. The summed E-state index contributed by atoms with van der Waals surface area (Å²) < 4.78 is 0. The summed E-state index contributed by atoms with van der Waals surface area (Å²) in [4.78, 5) is 65.1.